The standard InChI is InChI=1S/C18H21N3O3/c22-17-9-2-1-5-11-20(17)13-14-24-18(23)15-7-3-4-8-16(15)21-12-6-10-19-21/h3-4,6-8,10,12H,1-2,5,9,11,13-14H2. The molecule has 126 valence electrons. The van der Waals surface area contributed by atoms with Gasteiger partial charge in [0.05, 0.1) is 17.8 Å². The van der Waals surface area contributed by atoms with Crippen LogP contribution in [0.4, 0.5) is 0 Å². The fraction of sp³-hybridized carbons (Fsp3) is 0.389. The van der Waals surface area contributed by atoms with Crippen LogP contribution in [-0.4, -0.2) is 46.3 Å². The predicted octanol–water partition coefficient (Wildman–Crippen LogP) is 2.43. The lowest BCUT2D eigenvalue weighted by Crippen LogP contribution is -2.33. The van der Waals surface area contributed by atoms with Crippen molar-refractivity contribution in [2.75, 3.05) is 19.7 Å². The maximum absolute atomic E-state index is 12.4. The fourth-order valence-corrected chi connectivity index (χ4v) is 2.86. The van der Waals surface area contributed by atoms with E-state index in [-0.39, 0.29) is 12.5 Å². The molecule has 1 aliphatic heterocycles. The summed E-state index contributed by atoms with van der Waals surface area (Å²) in [7, 11) is 0. The monoisotopic (exact) mass is 327 g/mol. The first-order chi connectivity index (χ1) is 11.8. The Balaban J connectivity index is 1.61. The van der Waals surface area contributed by atoms with E-state index >= 15 is 0 Å². The van der Waals surface area contributed by atoms with Gasteiger partial charge in [-0.15, -0.1) is 0 Å². The molecular weight excluding hydrogens is 306 g/mol. The van der Waals surface area contributed by atoms with Crippen molar-refractivity contribution in [2.45, 2.75) is 25.7 Å². The van der Waals surface area contributed by atoms with Crippen molar-refractivity contribution in [1.82, 2.24) is 14.7 Å². The minimum Gasteiger partial charge on any atom is -0.460 e. The molecule has 6 nitrogen and oxygen atoms in total. The molecule has 24 heavy (non-hydrogen) atoms. The Morgan fingerprint density at radius 2 is 2.04 bits per heavy atom. The van der Waals surface area contributed by atoms with Crippen molar-refractivity contribution in [1.29, 1.82) is 0 Å². The van der Waals surface area contributed by atoms with Crippen LogP contribution >= 0.6 is 0 Å². The molecule has 0 unspecified atom stereocenters. The zero-order chi connectivity index (χ0) is 16.8. The van der Waals surface area contributed by atoms with Crippen LogP contribution in [0.15, 0.2) is 42.7 Å². The van der Waals surface area contributed by atoms with E-state index in [2.05, 4.69) is 5.10 Å². The molecule has 0 radical (unpaired) electrons. The van der Waals surface area contributed by atoms with E-state index in [9.17, 15) is 9.59 Å². The smallest absolute Gasteiger partial charge is 0.340 e. The van der Waals surface area contributed by atoms with Gasteiger partial charge in [0.1, 0.15) is 6.61 Å². The molecule has 0 spiro atoms. The van der Waals surface area contributed by atoms with E-state index in [0.29, 0.717) is 24.2 Å². The summed E-state index contributed by atoms with van der Waals surface area (Å²) in [5.41, 5.74) is 1.14. The third-order valence-corrected chi connectivity index (χ3v) is 4.14. The molecule has 1 amide bonds. The Bertz CT molecular complexity index is 697. The normalized spacial score (nSPS) is 15.2. The summed E-state index contributed by atoms with van der Waals surface area (Å²) < 4.78 is 7.02. The highest BCUT2D eigenvalue weighted by molar-refractivity contribution is 5.93. The van der Waals surface area contributed by atoms with E-state index in [1.807, 2.05) is 12.1 Å². The molecule has 1 aromatic carbocycles. The van der Waals surface area contributed by atoms with Crippen molar-refractivity contribution in [3.63, 3.8) is 0 Å². The molecule has 2 heterocycles. The summed E-state index contributed by atoms with van der Waals surface area (Å²) in [6, 6.07) is 8.98. The summed E-state index contributed by atoms with van der Waals surface area (Å²) in [5.74, 6) is -0.246. The number of likely N-dealkylation sites (tertiary alicyclic amines) is 1. The minimum absolute atomic E-state index is 0.153. The molecule has 0 atom stereocenters. The Kier molecular flexibility index (Phi) is 5.25. The number of amides is 1. The predicted molar refractivity (Wildman–Crippen MR) is 88.9 cm³/mol. The first-order valence-electron chi connectivity index (χ1n) is 8.29. The number of hydrogen-bond donors (Lipinski definition) is 0. The molecule has 0 N–H and O–H groups in total. The van der Waals surface area contributed by atoms with E-state index in [0.717, 1.165) is 25.8 Å². The molecule has 2 aromatic rings. The number of aromatic nitrogens is 2. The van der Waals surface area contributed by atoms with Crippen molar-refractivity contribution >= 4 is 11.9 Å². The van der Waals surface area contributed by atoms with Crippen LogP contribution in [0.5, 0.6) is 0 Å². The van der Waals surface area contributed by atoms with E-state index in [4.69, 9.17) is 4.74 Å². The Morgan fingerprint density at radius 1 is 1.17 bits per heavy atom. The highest BCUT2D eigenvalue weighted by Gasteiger charge is 2.18. The van der Waals surface area contributed by atoms with Gasteiger partial charge in [0, 0.05) is 25.4 Å². The number of benzene rings is 1. The van der Waals surface area contributed by atoms with E-state index in [1.54, 1.807) is 40.2 Å². The molecule has 1 aliphatic rings. The summed E-state index contributed by atoms with van der Waals surface area (Å²) in [4.78, 5) is 26.1. The van der Waals surface area contributed by atoms with Gasteiger partial charge in [0.15, 0.2) is 0 Å². The average molecular weight is 327 g/mol. The number of hydrogen-bond acceptors (Lipinski definition) is 4. The van der Waals surface area contributed by atoms with Gasteiger partial charge in [-0.25, -0.2) is 9.48 Å². The van der Waals surface area contributed by atoms with Crippen LogP contribution in [0.25, 0.3) is 5.69 Å². The number of para-hydroxylation sites is 1. The van der Waals surface area contributed by atoms with Crippen LogP contribution in [0.3, 0.4) is 0 Å². The summed E-state index contributed by atoms with van der Waals surface area (Å²) in [5, 5.41) is 4.16. The molecule has 3 rings (SSSR count). The Hall–Kier alpha value is -2.63. The maximum Gasteiger partial charge on any atom is 0.340 e. The van der Waals surface area contributed by atoms with Crippen molar-refractivity contribution in [2.24, 2.45) is 0 Å². The highest BCUT2D eigenvalue weighted by atomic mass is 16.5. The first kappa shape index (κ1) is 16.2. The lowest BCUT2D eigenvalue weighted by molar-refractivity contribution is -0.131. The van der Waals surface area contributed by atoms with E-state index < -0.39 is 5.97 Å². The third-order valence-electron chi connectivity index (χ3n) is 4.14. The van der Waals surface area contributed by atoms with Gasteiger partial charge in [-0.1, -0.05) is 18.6 Å². The third kappa shape index (κ3) is 3.82. The van der Waals surface area contributed by atoms with Crippen LogP contribution in [-0.2, 0) is 9.53 Å². The SMILES string of the molecule is O=C(OCCN1CCCCCC1=O)c1ccccc1-n1cccn1. The van der Waals surface area contributed by atoms with Gasteiger partial charge in [-0.2, -0.15) is 5.10 Å². The molecule has 0 aliphatic carbocycles. The minimum atomic E-state index is -0.400. The van der Waals surface area contributed by atoms with Crippen molar-refractivity contribution in [3.8, 4) is 5.69 Å². The summed E-state index contributed by atoms with van der Waals surface area (Å²) >= 11 is 0. The number of ether oxygens (including phenoxy) is 1. The molecule has 0 saturated carbocycles. The first-order valence-corrected chi connectivity index (χ1v) is 8.29. The quantitative estimate of drug-likeness (QED) is 0.791. The number of carbonyl (C=O) groups is 2. The fourth-order valence-electron chi connectivity index (χ4n) is 2.86. The van der Waals surface area contributed by atoms with Gasteiger partial charge >= 0.3 is 5.97 Å². The second kappa shape index (κ2) is 7.77. The number of esters is 1. The van der Waals surface area contributed by atoms with Crippen molar-refractivity contribution < 1.29 is 14.3 Å². The highest BCUT2D eigenvalue weighted by Crippen LogP contribution is 2.15. The Labute approximate surface area is 141 Å². The molecule has 1 aromatic heterocycles. The lowest BCUT2D eigenvalue weighted by Gasteiger charge is -2.20. The van der Waals surface area contributed by atoms with Gasteiger partial charge in [-0.3, -0.25) is 4.79 Å². The van der Waals surface area contributed by atoms with Gasteiger partial charge in [-0.05, 0) is 31.0 Å². The largest absolute Gasteiger partial charge is 0.460 e. The van der Waals surface area contributed by atoms with Crippen molar-refractivity contribution in [3.05, 3.63) is 48.3 Å². The molecule has 0 bridgehead atoms. The maximum atomic E-state index is 12.4. The second-order valence-corrected chi connectivity index (χ2v) is 5.80. The zero-order valence-corrected chi connectivity index (χ0v) is 13.6. The number of rotatable bonds is 5. The van der Waals surface area contributed by atoms with Crippen LogP contribution in [0.2, 0.25) is 0 Å². The summed E-state index contributed by atoms with van der Waals surface area (Å²) in [6.45, 7) is 1.41. The zero-order valence-electron chi connectivity index (χ0n) is 13.6. The molecular formula is C18H21N3O3. The molecule has 6 heteroatoms. The average Bonchev–Trinajstić information content (AvgIpc) is 3.06. The van der Waals surface area contributed by atoms with Crippen LogP contribution in [0, 0.1) is 0 Å². The topological polar surface area (TPSA) is 64.4 Å². The van der Waals surface area contributed by atoms with E-state index in [1.165, 1.54) is 0 Å². The summed E-state index contributed by atoms with van der Waals surface area (Å²) in [6.07, 6.45) is 7.08. The van der Waals surface area contributed by atoms with Gasteiger partial charge in [0.25, 0.3) is 0 Å². The van der Waals surface area contributed by atoms with Gasteiger partial charge in [0.2, 0.25) is 5.91 Å². The molecule has 1 saturated heterocycles. The number of nitrogens with zero attached hydrogens (tertiary/aromatic N) is 3. The number of carbonyl (C=O) groups excluding carboxylic acids is 2. The molecule has 1 fully saturated rings. The lowest BCUT2D eigenvalue weighted by atomic mass is 10.2. The van der Waals surface area contributed by atoms with Crippen LogP contribution in [0.1, 0.15) is 36.0 Å². The second-order valence-electron chi connectivity index (χ2n) is 5.80. The van der Waals surface area contributed by atoms with Crippen LogP contribution < -0.4 is 0 Å². The van der Waals surface area contributed by atoms with Gasteiger partial charge < -0.3 is 9.64 Å². The Morgan fingerprint density at radius 3 is 2.88 bits per heavy atom.